The molecule has 148 valence electrons. The van der Waals surface area contributed by atoms with Gasteiger partial charge in [-0.25, -0.2) is 0 Å². The van der Waals surface area contributed by atoms with E-state index in [0.29, 0.717) is 5.92 Å². The minimum absolute atomic E-state index is 0.0755. The maximum Gasteiger partial charge on any atom is 0.256 e. The van der Waals surface area contributed by atoms with Gasteiger partial charge in [0.05, 0.1) is 13.2 Å². The number of allylic oxidation sites excluding steroid dienone is 2. The van der Waals surface area contributed by atoms with Crippen molar-refractivity contribution in [2.75, 3.05) is 53.0 Å². The van der Waals surface area contributed by atoms with Crippen LogP contribution in [-0.4, -0.2) is 68.8 Å². The Morgan fingerprint density at radius 3 is 2.70 bits per heavy atom. The number of ether oxygens (including phenoxy) is 2. The first-order chi connectivity index (χ1) is 13.3. The first-order valence-electron chi connectivity index (χ1n) is 10.1. The van der Waals surface area contributed by atoms with E-state index in [9.17, 15) is 4.79 Å². The van der Waals surface area contributed by atoms with Crippen molar-refractivity contribution < 1.29 is 14.3 Å². The molecule has 1 fully saturated rings. The Morgan fingerprint density at radius 1 is 1.26 bits per heavy atom. The third-order valence-electron chi connectivity index (χ3n) is 5.52. The highest BCUT2D eigenvalue weighted by Gasteiger charge is 2.28. The molecule has 2 atom stereocenters. The molecule has 27 heavy (non-hydrogen) atoms. The average molecular weight is 373 g/mol. The van der Waals surface area contributed by atoms with Crippen LogP contribution in [0, 0.1) is 5.92 Å². The fourth-order valence-electron chi connectivity index (χ4n) is 3.89. The van der Waals surface area contributed by atoms with Gasteiger partial charge >= 0.3 is 0 Å². The minimum Gasteiger partial charge on any atom is -0.379 e. The summed E-state index contributed by atoms with van der Waals surface area (Å²) < 4.78 is 11.1. The van der Waals surface area contributed by atoms with E-state index < -0.39 is 6.10 Å². The Hall–Kier alpha value is -1.69. The zero-order valence-electron chi connectivity index (χ0n) is 16.4. The summed E-state index contributed by atoms with van der Waals surface area (Å²) in [7, 11) is 1.62. The van der Waals surface area contributed by atoms with Crippen LogP contribution in [0.15, 0.2) is 42.5 Å². The fourth-order valence-corrected chi connectivity index (χ4v) is 3.89. The molecule has 1 heterocycles. The predicted octanol–water partition coefficient (Wildman–Crippen LogP) is 2.89. The Balaban J connectivity index is 1.68. The number of carbonyl (C=O) groups is 1. The van der Waals surface area contributed by atoms with E-state index in [1.165, 1.54) is 0 Å². The molecule has 1 aliphatic heterocycles. The molecule has 0 bridgehead atoms. The summed E-state index contributed by atoms with van der Waals surface area (Å²) in [5.74, 6) is 0.614. The van der Waals surface area contributed by atoms with Crippen molar-refractivity contribution in [3.8, 4) is 0 Å². The number of nitrogens with zero attached hydrogens (tertiary/aromatic N) is 2. The van der Waals surface area contributed by atoms with Crippen LogP contribution in [-0.2, 0) is 14.3 Å². The third-order valence-corrected chi connectivity index (χ3v) is 5.52. The summed E-state index contributed by atoms with van der Waals surface area (Å²) in [5.41, 5.74) is 0.921. The van der Waals surface area contributed by atoms with Gasteiger partial charge in [0.1, 0.15) is 0 Å². The molecule has 0 aromatic heterocycles. The third kappa shape index (κ3) is 5.89. The van der Waals surface area contributed by atoms with Crippen LogP contribution in [0.3, 0.4) is 0 Å². The van der Waals surface area contributed by atoms with E-state index in [-0.39, 0.29) is 5.91 Å². The van der Waals surface area contributed by atoms with Gasteiger partial charge < -0.3 is 14.4 Å². The lowest BCUT2D eigenvalue weighted by atomic mass is 9.93. The topological polar surface area (TPSA) is 42.0 Å². The van der Waals surface area contributed by atoms with Crippen LogP contribution >= 0.6 is 0 Å². The monoisotopic (exact) mass is 372 g/mol. The van der Waals surface area contributed by atoms with E-state index in [4.69, 9.17) is 9.47 Å². The molecule has 1 aromatic rings. The number of amides is 1. The zero-order chi connectivity index (χ0) is 18.9. The molecule has 2 aliphatic rings. The second kappa shape index (κ2) is 10.6. The molecule has 1 saturated heterocycles. The highest BCUT2D eigenvalue weighted by Crippen LogP contribution is 2.23. The molecular weight excluding hydrogens is 340 g/mol. The standard InChI is InChI=1S/C22H32N2O3/c1-26-21(20-10-6-3-7-11-20)22(25)24(18-19-8-4-2-5-9-19)13-12-23-14-16-27-17-15-23/h2-4,6-7,10-11,19,21H,5,8-9,12-18H2,1H3/t19-,21+/m0/s1. The van der Waals surface area contributed by atoms with Crippen LogP contribution < -0.4 is 0 Å². The lowest BCUT2D eigenvalue weighted by Crippen LogP contribution is -2.46. The van der Waals surface area contributed by atoms with E-state index in [2.05, 4.69) is 17.1 Å². The van der Waals surface area contributed by atoms with Crippen molar-refractivity contribution in [1.82, 2.24) is 9.80 Å². The van der Waals surface area contributed by atoms with Crippen LogP contribution in [0.1, 0.15) is 30.9 Å². The molecule has 0 unspecified atom stereocenters. The summed E-state index contributed by atoms with van der Waals surface area (Å²) >= 11 is 0. The molecular formula is C22H32N2O3. The predicted molar refractivity (Wildman–Crippen MR) is 107 cm³/mol. The maximum absolute atomic E-state index is 13.4. The number of rotatable bonds is 8. The van der Waals surface area contributed by atoms with Gasteiger partial charge in [-0.15, -0.1) is 0 Å². The second-order valence-electron chi connectivity index (χ2n) is 7.42. The summed E-state index contributed by atoms with van der Waals surface area (Å²) in [6.07, 6.45) is 7.30. The molecule has 0 saturated carbocycles. The molecule has 1 amide bonds. The Morgan fingerprint density at radius 2 is 2.04 bits per heavy atom. The molecule has 5 nitrogen and oxygen atoms in total. The molecule has 0 radical (unpaired) electrons. The number of carbonyl (C=O) groups excluding carboxylic acids is 1. The molecule has 1 aromatic carbocycles. The van der Waals surface area contributed by atoms with Gasteiger partial charge in [-0.3, -0.25) is 9.69 Å². The molecule has 0 N–H and O–H groups in total. The number of morpholine rings is 1. The van der Waals surface area contributed by atoms with E-state index in [1.807, 2.05) is 35.2 Å². The molecule has 0 spiro atoms. The Labute approximate surface area is 162 Å². The van der Waals surface area contributed by atoms with Crippen molar-refractivity contribution in [3.63, 3.8) is 0 Å². The molecule has 3 rings (SSSR count). The van der Waals surface area contributed by atoms with Crippen molar-refractivity contribution in [2.24, 2.45) is 5.92 Å². The van der Waals surface area contributed by atoms with Crippen LogP contribution in [0.5, 0.6) is 0 Å². The van der Waals surface area contributed by atoms with Crippen LogP contribution in [0.4, 0.5) is 0 Å². The van der Waals surface area contributed by atoms with Crippen molar-refractivity contribution in [1.29, 1.82) is 0 Å². The number of hydrogen-bond acceptors (Lipinski definition) is 4. The first-order valence-corrected chi connectivity index (χ1v) is 10.1. The van der Waals surface area contributed by atoms with Gasteiger partial charge in [0.15, 0.2) is 6.10 Å². The quantitative estimate of drug-likeness (QED) is 0.658. The normalized spacial score (nSPS) is 21.7. The number of methoxy groups -OCH3 is 1. The highest BCUT2D eigenvalue weighted by molar-refractivity contribution is 5.82. The van der Waals surface area contributed by atoms with Gasteiger partial charge in [0.2, 0.25) is 0 Å². The SMILES string of the molecule is CO[C@@H](C(=O)N(CCN1CCOCC1)C[C@H]1CC=CCC1)c1ccccc1. The van der Waals surface area contributed by atoms with E-state index >= 15 is 0 Å². The minimum atomic E-state index is -0.532. The van der Waals surface area contributed by atoms with E-state index in [0.717, 1.165) is 70.8 Å². The van der Waals surface area contributed by atoms with Gasteiger partial charge in [-0.05, 0) is 30.7 Å². The Bertz CT molecular complexity index is 599. The number of hydrogen-bond donors (Lipinski definition) is 0. The van der Waals surface area contributed by atoms with E-state index in [1.54, 1.807) is 7.11 Å². The van der Waals surface area contributed by atoms with Crippen LogP contribution in [0.2, 0.25) is 0 Å². The van der Waals surface area contributed by atoms with Crippen LogP contribution in [0.25, 0.3) is 0 Å². The summed E-state index contributed by atoms with van der Waals surface area (Å²) in [4.78, 5) is 17.8. The first kappa shape index (κ1) is 20.1. The van der Waals surface area contributed by atoms with Gasteiger partial charge in [-0.2, -0.15) is 0 Å². The van der Waals surface area contributed by atoms with Gasteiger partial charge in [-0.1, -0.05) is 42.5 Å². The smallest absolute Gasteiger partial charge is 0.256 e. The fraction of sp³-hybridized carbons (Fsp3) is 0.591. The second-order valence-corrected chi connectivity index (χ2v) is 7.42. The van der Waals surface area contributed by atoms with Crippen molar-refractivity contribution in [2.45, 2.75) is 25.4 Å². The number of benzene rings is 1. The van der Waals surface area contributed by atoms with Gasteiger partial charge in [0, 0.05) is 39.8 Å². The summed E-state index contributed by atoms with van der Waals surface area (Å²) in [5, 5.41) is 0. The van der Waals surface area contributed by atoms with Crippen molar-refractivity contribution in [3.05, 3.63) is 48.0 Å². The average Bonchev–Trinajstić information content (AvgIpc) is 2.74. The van der Waals surface area contributed by atoms with Crippen molar-refractivity contribution >= 4 is 5.91 Å². The largest absolute Gasteiger partial charge is 0.379 e. The maximum atomic E-state index is 13.4. The Kier molecular flexibility index (Phi) is 7.87. The molecule has 5 heteroatoms. The molecule has 1 aliphatic carbocycles. The van der Waals surface area contributed by atoms with Gasteiger partial charge in [0.25, 0.3) is 5.91 Å². The lowest BCUT2D eigenvalue weighted by Gasteiger charge is -2.34. The zero-order valence-corrected chi connectivity index (χ0v) is 16.4. The summed E-state index contributed by atoms with van der Waals surface area (Å²) in [6.45, 7) is 5.90. The summed E-state index contributed by atoms with van der Waals surface area (Å²) in [6, 6.07) is 9.81. The lowest BCUT2D eigenvalue weighted by molar-refractivity contribution is -0.143. The highest BCUT2D eigenvalue weighted by atomic mass is 16.5.